The van der Waals surface area contributed by atoms with Crippen LogP contribution in [0.2, 0.25) is 5.02 Å². The first kappa shape index (κ1) is 15.6. The lowest BCUT2D eigenvalue weighted by atomic mass is 9.90. The summed E-state index contributed by atoms with van der Waals surface area (Å²) in [5.41, 5.74) is 2.38. The number of allylic oxidation sites excluding steroid dienone is 2. The number of ether oxygens (including phenoxy) is 2. The van der Waals surface area contributed by atoms with Crippen molar-refractivity contribution in [1.82, 2.24) is 0 Å². The highest BCUT2D eigenvalue weighted by molar-refractivity contribution is 6.31. The van der Waals surface area contributed by atoms with E-state index in [1.165, 1.54) is 0 Å². The van der Waals surface area contributed by atoms with Crippen LogP contribution >= 0.6 is 11.6 Å². The predicted molar refractivity (Wildman–Crippen MR) is 92.5 cm³/mol. The zero-order valence-electron chi connectivity index (χ0n) is 13.1. The van der Waals surface area contributed by atoms with Gasteiger partial charge < -0.3 is 9.47 Å². The molecule has 1 aliphatic rings. The number of hydrogen-bond acceptors (Lipinski definition) is 3. The van der Waals surface area contributed by atoms with E-state index < -0.39 is 5.97 Å². The molecule has 0 aromatic heterocycles. The standard InChI is InChI=1S/C19H17ClO3/c1-11(2)19(21)23-18-14-7-5-4-6-13(14)17(22-3)16-10-12(20)8-9-15(16)18/h4-5,8-10H,1,6-7H2,2-3H3. The first-order valence-corrected chi connectivity index (χ1v) is 7.74. The number of carbonyl (C=O) groups is 1. The molecule has 2 aromatic rings. The highest BCUT2D eigenvalue weighted by Gasteiger charge is 2.23. The molecule has 0 radical (unpaired) electrons. The third-order valence-electron chi connectivity index (χ3n) is 3.94. The van der Waals surface area contributed by atoms with Crippen LogP contribution in [-0.4, -0.2) is 13.1 Å². The number of carbonyl (C=O) groups excluding carboxylic acids is 1. The smallest absolute Gasteiger partial charge is 0.338 e. The average molecular weight is 329 g/mol. The zero-order chi connectivity index (χ0) is 16.6. The number of esters is 1. The van der Waals surface area contributed by atoms with E-state index in [0.29, 0.717) is 22.8 Å². The highest BCUT2D eigenvalue weighted by Crippen LogP contribution is 2.43. The molecule has 0 fully saturated rings. The molecule has 3 nitrogen and oxygen atoms in total. The van der Waals surface area contributed by atoms with Crippen LogP contribution in [0.1, 0.15) is 18.1 Å². The summed E-state index contributed by atoms with van der Waals surface area (Å²) in [5, 5.41) is 2.27. The summed E-state index contributed by atoms with van der Waals surface area (Å²) in [6, 6.07) is 5.48. The SMILES string of the molecule is C=C(C)C(=O)Oc1c2c(c(OC)c3cc(Cl)ccc13)CC=CC2. The van der Waals surface area contributed by atoms with E-state index in [9.17, 15) is 4.79 Å². The number of fused-ring (bicyclic) bond motifs is 2. The molecule has 2 aromatic carbocycles. The van der Waals surface area contributed by atoms with Crippen molar-refractivity contribution in [3.63, 3.8) is 0 Å². The van der Waals surface area contributed by atoms with Crippen molar-refractivity contribution in [3.8, 4) is 11.5 Å². The van der Waals surface area contributed by atoms with Crippen LogP contribution < -0.4 is 9.47 Å². The lowest BCUT2D eigenvalue weighted by molar-refractivity contribution is -0.130. The number of hydrogen-bond donors (Lipinski definition) is 0. The third-order valence-corrected chi connectivity index (χ3v) is 4.18. The van der Waals surface area contributed by atoms with Gasteiger partial charge in [0, 0.05) is 32.5 Å². The molecular formula is C19H17ClO3. The Bertz CT molecular complexity index is 850. The first-order valence-electron chi connectivity index (χ1n) is 7.36. The molecule has 0 aliphatic heterocycles. The number of methoxy groups -OCH3 is 1. The molecule has 3 rings (SSSR count). The van der Waals surface area contributed by atoms with Gasteiger partial charge in [0.05, 0.1) is 7.11 Å². The molecule has 23 heavy (non-hydrogen) atoms. The predicted octanol–water partition coefficient (Wildman–Crippen LogP) is 4.64. The maximum absolute atomic E-state index is 12.1. The molecule has 0 unspecified atom stereocenters. The summed E-state index contributed by atoms with van der Waals surface area (Å²) < 4.78 is 11.3. The Kier molecular flexibility index (Phi) is 4.14. The highest BCUT2D eigenvalue weighted by atomic mass is 35.5. The fourth-order valence-electron chi connectivity index (χ4n) is 2.87. The van der Waals surface area contributed by atoms with Crippen molar-refractivity contribution in [2.45, 2.75) is 19.8 Å². The topological polar surface area (TPSA) is 35.5 Å². The van der Waals surface area contributed by atoms with Crippen LogP contribution in [0.25, 0.3) is 10.8 Å². The molecule has 0 N–H and O–H groups in total. The molecule has 1 aliphatic carbocycles. The molecule has 0 saturated carbocycles. The van der Waals surface area contributed by atoms with Gasteiger partial charge in [-0.15, -0.1) is 0 Å². The van der Waals surface area contributed by atoms with Gasteiger partial charge in [-0.2, -0.15) is 0 Å². The molecule has 4 heteroatoms. The Hall–Kier alpha value is -2.26. The van der Waals surface area contributed by atoms with E-state index in [-0.39, 0.29) is 0 Å². The molecule has 118 valence electrons. The summed E-state index contributed by atoms with van der Waals surface area (Å²) in [6.07, 6.45) is 5.59. The molecule has 0 amide bonds. The van der Waals surface area contributed by atoms with Crippen molar-refractivity contribution in [3.05, 3.63) is 58.7 Å². The summed E-state index contributed by atoms with van der Waals surface area (Å²) in [7, 11) is 1.65. The largest absolute Gasteiger partial charge is 0.496 e. The monoisotopic (exact) mass is 328 g/mol. The summed E-state index contributed by atoms with van der Waals surface area (Å²) in [6.45, 7) is 5.29. The van der Waals surface area contributed by atoms with Gasteiger partial charge >= 0.3 is 5.97 Å². The zero-order valence-corrected chi connectivity index (χ0v) is 13.9. The fraction of sp³-hybridized carbons (Fsp3) is 0.211. The second-order valence-corrected chi connectivity index (χ2v) is 6.00. The van der Waals surface area contributed by atoms with Gasteiger partial charge in [0.2, 0.25) is 0 Å². The Labute approximate surface area is 140 Å². The number of rotatable bonds is 3. The molecule has 0 spiro atoms. The van der Waals surface area contributed by atoms with E-state index in [0.717, 1.165) is 34.1 Å². The second kappa shape index (κ2) is 6.09. The van der Waals surface area contributed by atoms with E-state index in [1.807, 2.05) is 12.1 Å². The van der Waals surface area contributed by atoms with Gasteiger partial charge in [0.25, 0.3) is 0 Å². The summed E-state index contributed by atoms with van der Waals surface area (Å²) in [4.78, 5) is 12.1. The van der Waals surface area contributed by atoms with Crippen molar-refractivity contribution in [2.75, 3.05) is 7.11 Å². The molecule has 0 saturated heterocycles. The normalized spacial score (nSPS) is 12.8. The van der Waals surface area contributed by atoms with Crippen molar-refractivity contribution >= 4 is 28.3 Å². The minimum atomic E-state index is -0.428. The van der Waals surface area contributed by atoms with Crippen LogP contribution in [0, 0.1) is 0 Å². The van der Waals surface area contributed by atoms with Gasteiger partial charge in [-0.05, 0) is 38.0 Å². The Balaban J connectivity index is 2.33. The maximum atomic E-state index is 12.1. The van der Waals surface area contributed by atoms with Crippen LogP contribution in [0.5, 0.6) is 11.5 Å². The fourth-order valence-corrected chi connectivity index (χ4v) is 3.04. The van der Waals surface area contributed by atoms with Crippen LogP contribution in [0.4, 0.5) is 0 Å². The van der Waals surface area contributed by atoms with Crippen LogP contribution in [-0.2, 0) is 17.6 Å². The van der Waals surface area contributed by atoms with Crippen molar-refractivity contribution in [1.29, 1.82) is 0 Å². The first-order chi connectivity index (χ1) is 11.0. The average Bonchev–Trinajstić information content (AvgIpc) is 2.54. The van der Waals surface area contributed by atoms with E-state index >= 15 is 0 Å². The minimum absolute atomic E-state index is 0.364. The van der Waals surface area contributed by atoms with Crippen LogP contribution in [0.3, 0.4) is 0 Å². The van der Waals surface area contributed by atoms with Gasteiger partial charge in [-0.3, -0.25) is 0 Å². The lowest BCUT2D eigenvalue weighted by Gasteiger charge is -2.22. The van der Waals surface area contributed by atoms with E-state index in [1.54, 1.807) is 20.1 Å². The van der Waals surface area contributed by atoms with Crippen molar-refractivity contribution in [2.24, 2.45) is 0 Å². The number of halogens is 1. The maximum Gasteiger partial charge on any atom is 0.338 e. The lowest BCUT2D eigenvalue weighted by Crippen LogP contribution is -2.13. The molecular weight excluding hydrogens is 312 g/mol. The Morgan fingerprint density at radius 1 is 1.13 bits per heavy atom. The second-order valence-electron chi connectivity index (χ2n) is 5.56. The van der Waals surface area contributed by atoms with Gasteiger partial charge in [-0.25, -0.2) is 4.79 Å². The van der Waals surface area contributed by atoms with Gasteiger partial charge in [0.15, 0.2) is 0 Å². The van der Waals surface area contributed by atoms with Gasteiger partial charge in [-0.1, -0.05) is 30.3 Å². The number of benzene rings is 2. The Morgan fingerprint density at radius 3 is 2.39 bits per heavy atom. The minimum Gasteiger partial charge on any atom is -0.496 e. The molecule has 0 atom stereocenters. The molecule has 0 bridgehead atoms. The molecule has 0 heterocycles. The summed E-state index contributed by atoms with van der Waals surface area (Å²) in [5.74, 6) is 0.935. The Morgan fingerprint density at radius 2 is 1.78 bits per heavy atom. The van der Waals surface area contributed by atoms with E-state index in [4.69, 9.17) is 21.1 Å². The van der Waals surface area contributed by atoms with Gasteiger partial charge in [0.1, 0.15) is 11.5 Å². The van der Waals surface area contributed by atoms with Crippen LogP contribution in [0.15, 0.2) is 42.5 Å². The quantitative estimate of drug-likeness (QED) is 0.356. The van der Waals surface area contributed by atoms with E-state index in [2.05, 4.69) is 18.7 Å². The third kappa shape index (κ3) is 2.73. The summed E-state index contributed by atoms with van der Waals surface area (Å²) >= 11 is 6.15. The van der Waals surface area contributed by atoms with Crippen molar-refractivity contribution < 1.29 is 14.3 Å².